The molecule has 3 rings (SSSR count). The van der Waals surface area contributed by atoms with Crippen molar-refractivity contribution >= 4 is 10.0 Å². The third-order valence-corrected chi connectivity index (χ3v) is 6.05. The number of nitrogens with zero attached hydrogens (tertiary/aromatic N) is 1. The number of benzene rings is 1. The van der Waals surface area contributed by atoms with Crippen molar-refractivity contribution in [1.29, 1.82) is 0 Å². The monoisotopic (exact) mass is 312 g/mol. The molecule has 1 atom stereocenters. The number of halogens is 1. The highest BCUT2D eigenvalue weighted by molar-refractivity contribution is 7.89. The maximum absolute atomic E-state index is 13.3. The molecule has 1 aromatic rings. The summed E-state index contributed by atoms with van der Waals surface area (Å²) < 4.78 is 39.9. The molecule has 2 aliphatic rings. The van der Waals surface area contributed by atoms with Gasteiger partial charge in [0.05, 0.1) is 4.90 Å². The Morgan fingerprint density at radius 2 is 2.10 bits per heavy atom. The Kier molecular flexibility index (Phi) is 4.28. The molecule has 0 radical (unpaired) electrons. The Balaban J connectivity index is 1.69. The van der Waals surface area contributed by atoms with Gasteiger partial charge in [-0.15, -0.1) is 0 Å². The minimum atomic E-state index is -3.57. The van der Waals surface area contributed by atoms with Crippen LogP contribution in [0.5, 0.6) is 0 Å². The molecule has 6 heteroatoms. The van der Waals surface area contributed by atoms with E-state index in [1.165, 1.54) is 35.3 Å². The van der Waals surface area contributed by atoms with Crippen LogP contribution in [-0.4, -0.2) is 38.4 Å². The van der Waals surface area contributed by atoms with Gasteiger partial charge in [0.2, 0.25) is 10.0 Å². The van der Waals surface area contributed by atoms with E-state index in [1.54, 1.807) is 0 Å². The molecule has 4 nitrogen and oxygen atoms in total. The highest BCUT2D eigenvalue weighted by Crippen LogP contribution is 2.25. The zero-order valence-electron chi connectivity index (χ0n) is 12.0. The van der Waals surface area contributed by atoms with Crippen molar-refractivity contribution in [3.63, 3.8) is 0 Å². The lowest BCUT2D eigenvalue weighted by Crippen LogP contribution is -2.43. The molecule has 0 aromatic heterocycles. The molecule has 21 heavy (non-hydrogen) atoms. The van der Waals surface area contributed by atoms with Gasteiger partial charge < -0.3 is 5.32 Å². The summed E-state index contributed by atoms with van der Waals surface area (Å²) in [4.78, 5) is 0.0540. The van der Waals surface area contributed by atoms with Crippen LogP contribution in [0.2, 0.25) is 0 Å². The molecule has 2 fully saturated rings. The number of sulfonamides is 1. The molecular formula is C15H21FN2O2S. The van der Waals surface area contributed by atoms with Gasteiger partial charge in [-0.3, -0.25) is 0 Å². The smallest absolute Gasteiger partial charge is 0.243 e. The van der Waals surface area contributed by atoms with E-state index >= 15 is 0 Å². The number of piperidine rings is 1. The summed E-state index contributed by atoms with van der Waals surface area (Å²) in [5.74, 6) is -0.164. The minimum Gasteiger partial charge on any atom is -0.314 e. The summed E-state index contributed by atoms with van der Waals surface area (Å²) in [6.07, 6.45) is 4.39. The average Bonchev–Trinajstić information content (AvgIpc) is 3.30. The van der Waals surface area contributed by atoms with Crippen LogP contribution >= 0.6 is 0 Å². The zero-order valence-corrected chi connectivity index (χ0v) is 12.8. The minimum absolute atomic E-state index is 0.0540. The van der Waals surface area contributed by atoms with Crippen molar-refractivity contribution < 1.29 is 12.8 Å². The molecule has 0 spiro atoms. The number of rotatable bonds is 5. The van der Waals surface area contributed by atoms with E-state index in [4.69, 9.17) is 0 Å². The second-order valence-electron chi connectivity index (χ2n) is 6.01. The normalized spacial score (nSPS) is 24.1. The van der Waals surface area contributed by atoms with Crippen LogP contribution in [0, 0.1) is 11.7 Å². The molecule has 1 saturated heterocycles. The number of nitrogens with one attached hydrogen (secondary N) is 1. The highest BCUT2D eigenvalue weighted by Gasteiger charge is 2.31. The van der Waals surface area contributed by atoms with Crippen molar-refractivity contribution in [2.24, 2.45) is 5.92 Å². The van der Waals surface area contributed by atoms with Crippen LogP contribution < -0.4 is 5.32 Å². The second kappa shape index (κ2) is 6.02. The molecule has 1 saturated carbocycles. The molecule has 1 heterocycles. The zero-order chi connectivity index (χ0) is 14.9. The van der Waals surface area contributed by atoms with Gasteiger partial charge in [0, 0.05) is 19.1 Å². The van der Waals surface area contributed by atoms with Crippen LogP contribution in [0.4, 0.5) is 4.39 Å². The van der Waals surface area contributed by atoms with E-state index in [0.717, 1.165) is 25.5 Å². The lowest BCUT2D eigenvalue weighted by molar-refractivity contribution is 0.259. The molecule has 1 aliphatic heterocycles. The van der Waals surface area contributed by atoms with Crippen LogP contribution in [-0.2, 0) is 10.0 Å². The predicted octanol–water partition coefficient (Wildman–Crippen LogP) is 1.98. The Morgan fingerprint density at radius 3 is 2.81 bits per heavy atom. The molecular weight excluding hydrogens is 291 g/mol. The fourth-order valence-corrected chi connectivity index (χ4v) is 4.40. The summed E-state index contributed by atoms with van der Waals surface area (Å²) in [5, 5.41) is 3.47. The van der Waals surface area contributed by atoms with Crippen LogP contribution in [0.15, 0.2) is 29.2 Å². The largest absolute Gasteiger partial charge is 0.314 e. The Hall–Kier alpha value is -0.980. The highest BCUT2D eigenvalue weighted by atomic mass is 32.2. The van der Waals surface area contributed by atoms with Gasteiger partial charge in [0.15, 0.2) is 0 Å². The quantitative estimate of drug-likeness (QED) is 0.904. The van der Waals surface area contributed by atoms with Gasteiger partial charge >= 0.3 is 0 Å². The van der Waals surface area contributed by atoms with E-state index < -0.39 is 15.8 Å². The SMILES string of the molecule is O=S(=O)(c1cccc(F)c1)N1CCCC(CNC2CC2)C1. The van der Waals surface area contributed by atoms with E-state index in [-0.39, 0.29) is 4.90 Å². The van der Waals surface area contributed by atoms with Gasteiger partial charge in [-0.25, -0.2) is 12.8 Å². The predicted molar refractivity (Wildman–Crippen MR) is 78.9 cm³/mol. The number of hydrogen-bond donors (Lipinski definition) is 1. The Labute approximate surface area is 125 Å². The van der Waals surface area contributed by atoms with Gasteiger partial charge in [-0.2, -0.15) is 4.31 Å². The van der Waals surface area contributed by atoms with Crippen molar-refractivity contribution in [3.8, 4) is 0 Å². The lowest BCUT2D eigenvalue weighted by atomic mass is 10.00. The summed E-state index contributed by atoms with van der Waals surface area (Å²) in [6, 6.07) is 5.90. The molecule has 1 aliphatic carbocycles. The third kappa shape index (κ3) is 3.62. The van der Waals surface area contributed by atoms with Crippen molar-refractivity contribution in [2.75, 3.05) is 19.6 Å². The molecule has 1 aromatic carbocycles. The fourth-order valence-electron chi connectivity index (χ4n) is 2.81. The maximum atomic E-state index is 13.3. The van der Waals surface area contributed by atoms with Crippen molar-refractivity contribution in [3.05, 3.63) is 30.1 Å². The fraction of sp³-hybridized carbons (Fsp3) is 0.600. The topological polar surface area (TPSA) is 49.4 Å². The van der Waals surface area contributed by atoms with E-state index in [1.807, 2.05) is 0 Å². The summed E-state index contributed by atoms with van der Waals surface area (Å²) >= 11 is 0. The molecule has 1 N–H and O–H groups in total. The summed E-state index contributed by atoms with van der Waals surface area (Å²) in [7, 11) is -3.57. The van der Waals surface area contributed by atoms with E-state index in [9.17, 15) is 12.8 Å². The first-order chi connectivity index (χ1) is 10.1. The molecule has 0 bridgehead atoms. The standard InChI is InChI=1S/C15H21FN2O2S/c16-13-4-1-5-15(9-13)21(19,20)18-8-2-3-12(11-18)10-17-14-6-7-14/h1,4-5,9,12,14,17H,2-3,6-8,10-11H2. The third-order valence-electron chi connectivity index (χ3n) is 4.19. The Morgan fingerprint density at radius 1 is 1.29 bits per heavy atom. The molecule has 0 amide bonds. The summed E-state index contributed by atoms with van der Waals surface area (Å²) in [5.41, 5.74) is 0. The first-order valence-electron chi connectivity index (χ1n) is 7.55. The maximum Gasteiger partial charge on any atom is 0.243 e. The summed E-state index contributed by atoms with van der Waals surface area (Å²) in [6.45, 7) is 1.93. The Bertz CT molecular complexity index is 601. The average molecular weight is 312 g/mol. The molecule has 116 valence electrons. The van der Waals surface area contributed by atoms with Gasteiger partial charge in [-0.1, -0.05) is 6.07 Å². The first kappa shape index (κ1) is 14.9. The van der Waals surface area contributed by atoms with Crippen molar-refractivity contribution in [1.82, 2.24) is 9.62 Å². The second-order valence-corrected chi connectivity index (χ2v) is 7.95. The number of hydrogen-bond acceptors (Lipinski definition) is 3. The van der Waals surface area contributed by atoms with Crippen LogP contribution in [0.3, 0.4) is 0 Å². The van der Waals surface area contributed by atoms with Gasteiger partial charge in [0.1, 0.15) is 5.82 Å². The van der Waals surface area contributed by atoms with Crippen LogP contribution in [0.1, 0.15) is 25.7 Å². The van der Waals surface area contributed by atoms with Gasteiger partial charge in [0.25, 0.3) is 0 Å². The lowest BCUT2D eigenvalue weighted by Gasteiger charge is -2.32. The first-order valence-corrected chi connectivity index (χ1v) is 8.99. The van der Waals surface area contributed by atoms with E-state index in [0.29, 0.717) is 25.0 Å². The molecule has 1 unspecified atom stereocenters. The van der Waals surface area contributed by atoms with E-state index in [2.05, 4.69) is 5.32 Å². The van der Waals surface area contributed by atoms with Crippen LogP contribution in [0.25, 0.3) is 0 Å². The van der Waals surface area contributed by atoms with Gasteiger partial charge in [-0.05, 0) is 56.3 Å². The van der Waals surface area contributed by atoms with Crippen molar-refractivity contribution in [2.45, 2.75) is 36.6 Å².